The lowest BCUT2D eigenvalue weighted by molar-refractivity contribution is -0.141. The Hall–Kier alpha value is -1.06. The van der Waals surface area contributed by atoms with Gasteiger partial charge < -0.3 is 10.4 Å². The zero-order valence-electron chi connectivity index (χ0n) is 10.9. The van der Waals surface area contributed by atoms with E-state index in [2.05, 4.69) is 5.32 Å². The van der Waals surface area contributed by atoms with Crippen molar-refractivity contribution in [2.24, 2.45) is 5.41 Å². The number of carboxylic acid groups (broad SMARTS) is 1. The molecule has 102 valence electrons. The minimum atomic E-state index is -0.770. The van der Waals surface area contributed by atoms with E-state index in [1.54, 1.807) is 0 Å². The van der Waals surface area contributed by atoms with Gasteiger partial charge >= 0.3 is 5.97 Å². The van der Waals surface area contributed by atoms with Gasteiger partial charge in [0.05, 0.1) is 6.42 Å². The first kappa shape index (κ1) is 13.4. The maximum Gasteiger partial charge on any atom is 0.303 e. The van der Waals surface area contributed by atoms with Crippen LogP contribution >= 0.6 is 0 Å². The van der Waals surface area contributed by atoms with Crippen molar-refractivity contribution in [3.63, 3.8) is 0 Å². The Kier molecular flexibility index (Phi) is 4.25. The Labute approximate surface area is 108 Å². The maximum atomic E-state index is 12.0. The van der Waals surface area contributed by atoms with E-state index in [1.165, 1.54) is 12.8 Å². The highest BCUT2D eigenvalue weighted by atomic mass is 16.4. The Morgan fingerprint density at radius 1 is 1.06 bits per heavy atom. The molecular formula is C14H23NO3. The Bertz CT molecular complexity index is 317. The molecule has 0 heterocycles. The minimum Gasteiger partial charge on any atom is -0.481 e. The monoisotopic (exact) mass is 253 g/mol. The smallest absolute Gasteiger partial charge is 0.303 e. The SMILES string of the molecule is O=C(O)CC1(CC(=O)NC2CCC2)CCCCC1. The van der Waals surface area contributed by atoms with Crippen LogP contribution in [0.1, 0.15) is 64.2 Å². The number of aliphatic carboxylic acids is 1. The molecule has 2 N–H and O–H groups in total. The highest BCUT2D eigenvalue weighted by Gasteiger charge is 2.37. The molecule has 0 radical (unpaired) electrons. The number of hydrogen-bond acceptors (Lipinski definition) is 2. The van der Waals surface area contributed by atoms with Gasteiger partial charge in [-0.25, -0.2) is 0 Å². The molecule has 0 unspecified atom stereocenters. The van der Waals surface area contributed by atoms with Crippen molar-refractivity contribution in [3.05, 3.63) is 0 Å². The van der Waals surface area contributed by atoms with E-state index in [-0.39, 0.29) is 17.7 Å². The molecule has 0 aromatic rings. The van der Waals surface area contributed by atoms with Crippen LogP contribution in [0.5, 0.6) is 0 Å². The second-order valence-electron chi connectivity index (χ2n) is 6.00. The van der Waals surface area contributed by atoms with Gasteiger partial charge in [0.2, 0.25) is 5.91 Å². The Balaban J connectivity index is 1.90. The van der Waals surface area contributed by atoms with Crippen LogP contribution in [0.25, 0.3) is 0 Å². The van der Waals surface area contributed by atoms with Gasteiger partial charge in [-0.15, -0.1) is 0 Å². The number of rotatable bonds is 5. The highest BCUT2D eigenvalue weighted by Crippen LogP contribution is 2.42. The molecular weight excluding hydrogens is 230 g/mol. The molecule has 2 rings (SSSR count). The first-order valence-electron chi connectivity index (χ1n) is 7.11. The van der Waals surface area contributed by atoms with Gasteiger partial charge in [-0.1, -0.05) is 19.3 Å². The highest BCUT2D eigenvalue weighted by molar-refractivity contribution is 5.78. The molecule has 2 aliphatic carbocycles. The van der Waals surface area contributed by atoms with Crippen LogP contribution < -0.4 is 5.32 Å². The van der Waals surface area contributed by atoms with E-state index in [1.807, 2.05) is 0 Å². The van der Waals surface area contributed by atoms with Crippen molar-refractivity contribution in [1.29, 1.82) is 0 Å². The zero-order valence-corrected chi connectivity index (χ0v) is 10.9. The molecule has 0 atom stereocenters. The standard InChI is InChI=1S/C14H23NO3/c16-12(15-11-5-4-6-11)9-14(10-13(17)18)7-2-1-3-8-14/h11H,1-10H2,(H,15,16)(H,17,18). The summed E-state index contributed by atoms with van der Waals surface area (Å²) in [6.07, 6.45) is 8.97. The summed E-state index contributed by atoms with van der Waals surface area (Å²) >= 11 is 0. The number of hydrogen-bond donors (Lipinski definition) is 2. The van der Waals surface area contributed by atoms with Gasteiger partial charge in [-0.3, -0.25) is 9.59 Å². The lowest BCUT2D eigenvalue weighted by Crippen LogP contribution is -2.42. The Morgan fingerprint density at radius 2 is 1.72 bits per heavy atom. The molecule has 0 aromatic carbocycles. The van der Waals surface area contributed by atoms with Gasteiger partial charge in [0.25, 0.3) is 0 Å². The van der Waals surface area contributed by atoms with Crippen molar-refractivity contribution >= 4 is 11.9 Å². The van der Waals surface area contributed by atoms with Gasteiger partial charge in [0.15, 0.2) is 0 Å². The number of carbonyl (C=O) groups excluding carboxylic acids is 1. The number of amides is 1. The summed E-state index contributed by atoms with van der Waals surface area (Å²) in [4.78, 5) is 23.0. The molecule has 2 fully saturated rings. The normalized spacial score (nSPS) is 23.1. The van der Waals surface area contributed by atoms with Crippen LogP contribution in [0.4, 0.5) is 0 Å². The van der Waals surface area contributed by atoms with Crippen molar-refractivity contribution in [1.82, 2.24) is 5.32 Å². The fourth-order valence-electron chi connectivity index (χ4n) is 3.21. The molecule has 0 aromatic heterocycles. The third-order valence-corrected chi connectivity index (χ3v) is 4.45. The second-order valence-corrected chi connectivity index (χ2v) is 6.00. The number of carbonyl (C=O) groups is 2. The fraction of sp³-hybridized carbons (Fsp3) is 0.857. The van der Waals surface area contributed by atoms with Crippen molar-refractivity contribution in [2.75, 3.05) is 0 Å². The van der Waals surface area contributed by atoms with Crippen LogP contribution in [-0.2, 0) is 9.59 Å². The molecule has 0 spiro atoms. The van der Waals surface area contributed by atoms with Crippen LogP contribution in [0.3, 0.4) is 0 Å². The van der Waals surface area contributed by atoms with E-state index in [4.69, 9.17) is 5.11 Å². The summed E-state index contributed by atoms with van der Waals surface area (Å²) in [6, 6.07) is 0.350. The summed E-state index contributed by atoms with van der Waals surface area (Å²) in [5, 5.41) is 12.1. The fourth-order valence-corrected chi connectivity index (χ4v) is 3.21. The third kappa shape index (κ3) is 3.47. The zero-order chi connectivity index (χ0) is 13.0. The van der Waals surface area contributed by atoms with Gasteiger partial charge in [0, 0.05) is 12.5 Å². The largest absolute Gasteiger partial charge is 0.481 e. The predicted octanol–water partition coefficient (Wildman–Crippen LogP) is 2.47. The second kappa shape index (κ2) is 5.72. The lowest BCUT2D eigenvalue weighted by Gasteiger charge is -2.36. The molecule has 0 bridgehead atoms. The topological polar surface area (TPSA) is 66.4 Å². The molecule has 0 aliphatic heterocycles. The summed E-state index contributed by atoms with van der Waals surface area (Å²) < 4.78 is 0. The molecule has 18 heavy (non-hydrogen) atoms. The molecule has 0 saturated heterocycles. The van der Waals surface area contributed by atoms with Crippen LogP contribution in [0.15, 0.2) is 0 Å². The van der Waals surface area contributed by atoms with Gasteiger partial charge in [-0.2, -0.15) is 0 Å². The van der Waals surface area contributed by atoms with E-state index < -0.39 is 5.97 Å². The van der Waals surface area contributed by atoms with Crippen molar-refractivity contribution < 1.29 is 14.7 Å². The molecule has 2 saturated carbocycles. The molecule has 1 amide bonds. The number of nitrogens with one attached hydrogen (secondary N) is 1. The molecule has 4 heteroatoms. The average Bonchev–Trinajstić information content (AvgIpc) is 2.23. The first-order chi connectivity index (χ1) is 8.60. The first-order valence-corrected chi connectivity index (χ1v) is 7.11. The van der Waals surface area contributed by atoms with E-state index >= 15 is 0 Å². The summed E-state index contributed by atoms with van der Waals surface area (Å²) in [6.45, 7) is 0. The summed E-state index contributed by atoms with van der Waals surface area (Å²) in [7, 11) is 0. The van der Waals surface area contributed by atoms with E-state index in [0.29, 0.717) is 12.5 Å². The summed E-state index contributed by atoms with van der Waals surface area (Å²) in [5.74, 6) is -0.712. The third-order valence-electron chi connectivity index (χ3n) is 4.45. The van der Waals surface area contributed by atoms with E-state index in [9.17, 15) is 9.59 Å². The van der Waals surface area contributed by atoms with Crippen LogP contribution in [0, 0.1) is 5.41 Å². The maximum absolute atomic E-state index is 12.0. The molecule has 2 aliphatic rings. The quantitative estimate of drug-likeness (QED) is 0.791. The van der Waals surface area contributed by atoms with Crippen molar-refractivity contribution in [2.45, 2.75) is 70.3 Å². The predicted molar refractivity (Wildman–Crippen MR) is 68.2 cm³/mol. The summed E-state index contributed by atoms with van der Waals surface area (Å²) in [5.41, 5.74) is -0.280. The van der Waals surface area contributed by atoms with Crippen LogP contribution in [-0.4, -0.2) is 23.0 Å². The number of carboxylic acids is 1. The molecule has 4 nitrogen and oxygen atoms in total. The van der Waals surface area contributed by atoms with Gasteiger partial charge in [-0.05, 0) is 37.5 Å². The van der Waals surface area contributed by atoms with Crippen molar-refractivity contribution in [3.8, 4) is 0 Å². The average molecular weight is 253 g/mol. The van der Waals surface area contributed by atoms with E-state index in [0.717, 1.165) is 38.5 Å². The van der Waals surface area contributed by atoms with Gasteiger partial charge in [0.1, 0.15) is 0 Å². The lowest BCUT2D eigenvalue weighted by atomic mass is 9.69. The van der Waals surface area contributed by atoms with Crippen LogP contribution in [0.2, 0.25) is 0 Å². The minimum absolute atomic E-state index is 0.0582. The Morgan fingerprint density at radius 3 is 2.22 bits per heavy atom.